The van der Waals surface area contributed by atoms with E-state index < -0.39 is 6.55 Å². The quantitative estimate of drug-likeness (QED) is 0.546. The molecule has 0 N–H and O–H groups in total. The fourth-order valence-electron chi connectivity index (χ4n) is 3.68. The molecule has 0 atom stereocenters. The molecule has 2 saturated heterocycles. The van der Waals surface area contributed by atoms with Crippen LogP contribution < -0.4 is 0 Å². The molecule has 90 valence electrons. The van der Waals surface area contributed by atoms with E-state index in [9.17, 15) is 9.59 Å². The average molecular weight is 225 g/mol. The van der Waals surface area contributed by atoms with Gasteiger partial charge in [-0.05, 0) is 0 Å². The van der Waals surface area contributed by atoms with E-state index in [-0.39, 0.29) is 17.6 Å². The number of fused-ring (bicyclic) bond motifs is 2. The van der Waals surface area contributed by atoms with Gasteiger partial charge in [-0.1, -0.05) is 50.2 Å². The zero-order chi connectivity index (χ0) is 11.6. The van der Waals surface area contributed by atoms with Gasteiger partial charge in [-0.15, -0.1) is 0 Å². The van der Waals surface area contributed by atoms with Crippen molar-refractivity contribution in [1.82, 2.24) is 0 Å². The largest absolute Gasteiger partial charge is 0.658 e. The highest BCUT2D eigenvalue weighted by atomic mass is 16.6. The number of hydrogen-bond acceptors (Lipinski definition) is 4. The van der Waals surface area contributed by atoms with Crippen LogP contribution in [-0.2, 0) is 18.9 Å². The number of rotatable bonds is 3. The van der Waals surface area contributed by atoms with Crippen LogP contribution in [0.4, 0.5) is 0 Å². The summed E-state index contributed by atoms with van der Waals surface area (Å²) in [5.41, 5.74) is 0. The van der Waals surface area contributed by atoms with Crippen molar-refractivity contribution in [3.8, 4) is 0 Å². The van der Waals surface area contributed by atoms with E-state index in [0.717, 1.165) is 38.5 Å². The summed E-state index contributed by atoms with van der Waals surface area (Å²) in [6.45, 7) is 0.150. The van der Waals surface area contributed by atoms with Crippen LogP contribution in [0.3, 0.4) is 0 Å². The number of carbonyl (C=O) groups is 2. The second-order valence-corrected chi connectivity index (χ2v) is 5.06. The Kier molecular flexibility index (Phi) is 3.21. The maximum absolute atomic E-state index is 11.2. The third-order valence-corrected chi connectivity index (χ3v) is 4.23. The molecule has 2 aliphatic heterocycles. The summed E-state index contributed by atoms with van der Waals surface area (Å²) in [5, 5.41) is 0. The second kappa shape index (κ2) is 4.48. The van der Waals surface area contributed by atoms with Gasteiger partial charge in [0, 0.05) is 6.92 Å². The van der Waals surface area contributed by atoms with Crippen molar-refractivity contribution in [3.05, 3.63) is 0 Å². The molecular formula is C11H18BO4-. The van der Waals surface area contributed by atoms with Crippen LogP contribution in [0.5, 0.6) is 0 Å². The minimum Gasteiger partial charge on any atom is -0.658 e. The summed E-state index contributed by atoms with van der Waals surface area (Å²) >= 11 is 0. The van der Waals surface area contributed by atoms with Crippen LogP contribution in [0.2, 0.25) is 11.6 Å². The molecule has 2 aliphatic rings. The van der Waals surface area contributed by atoms with Gasteiger partial charge in [0.05, 0.1) is 0 Å². The molecule has 4 nitrogen and oxygen atoms in total. The minimum atomic E-state index is -1.70. The van der Waals surface area contributed by atoms with Gasteiger partial charge in [-0.2, -0.15) is 0 Å². The molecular weight excluding hydrogens is 207 g/mol. The van der Waals surface area contributed by atoms with Gasteiger partial charge in [0.25, 0.3) is 5.97 Å². The van der Waals surface area contributed by atoms with Gasteiger partial charge >= 0.3 is 6.55 Å². The molecule has 2 bridgehead atoms. The van der Waals surface area contributed by atoms with Gasteiger partial charge in [0.2, 0.25) is 6.47 Å². The van der Waals surface area contributed by atoms with Crippen LogP contribution in [-0.4, -0.2) is 19.0 Å². The molecule has 0 unspecified atom stereocenters. The first-order chi connectivity index (χ1) is 7.69. The van der Waals surface area contributed by atoms with Gasteiger partial charge in [-0.3, -0.25) is 9.59 Å². The number of hydrogen-bond donors (Lipinski definition) is 0. The zero-order valence-electron chi connectivity index (χ0n) is 9.69. The molecule has 0 amide bonds. The van der Waals surface area contributed by atoms with Gasteiger partial charge in [0.15, 0.2) is 0 Å². The molecule has 2 rings (SSSR count). The van der Waals surface area contributed by atoms with E-state index >= 15 is 0 Å². The van der Waals surface area contributed by atoms with E-state index in [1.54, 1.807) is 0 Å². The molecule has 2 fully saturated rings. The normalized spacial score (nSPS) is 37.6. The maximum Gasteiger partial charge on any atom is 0.356 e. The summed E-state index contributed by atoms with van der Waals surface area (Å²) in [7, 11) is 0. The summed E-state index contributed by atoms with van der Waals surface area (Å²) in [4.78, 5) is 21.9. The highest BCUT2D eigenvalue weighted by molar-refractivity contribution is 6.73. The van der Waals surface area contributed by atoms with Crippen LogP contribution in [0.1, 0.15) is 45.4 Å². The van der Waals surface area contributed by atoms with Crippen molar-refractivity contribution in [1.29, 1.82) is 0 Å². The summed E-state index contributed by atoms with van der Waals surface area (Å²) in [5.74, 6) is 0.170. The first-order valence-corrected chi connectivity index (χ1v) is 6.15. The standard InChI is InChI=1S/C11H18BO4/c1-9(14)16-12(15-8-13)10-4-2-5-11(12)7-3-6-10/h8,10-11H,2-7H2,1H3/q-1. The summed E-state index contributed by atoms with van der Waals surface area (Å²) in [6, 6.07) is 0. The van der Waals surface area contributed by atoms with Crippen LogP contribution in [0, 0.1) is 0 Å². The molecule has 0 radical (unpaired) electrons. The Bertz CT molecular complexity index is 270. The Hall–Kier alpha value is -0.995. The third kappa shape index (κ3) is 1.83. The molecule has 5 heteroatoms. The van der Waals surface area contributed by atoms with Gasteiger partial charge in [-0.25, -0.2) is 0 Å². The minimum absolute atomic E-state index is 0.251. The molecule has 0 aromatic heterocycles. The SMILES string of the molecule is CC(=O)O[B-]1(OC=O)C2CCCC1CCC2. The highest BCUT2D eigenvalue weighted by Gasteiger charge is 2.50. The molecule has 0 spiro atoms. The van der Waals surface area contributed by atoms with Crippen molar-refractivity contribution in [2.24, 2.45) is 0 Å². The molecule has 0 aromatic carbocycles. The van der Waals surface area contributed by atoms with Crippen molar-refractivity contribution in [2.45, 2.75) is 57.1 Å². The molecule has 0 aliphatic carbocycles. The monoisotopic (exact) mass is 225 g/mol. The van der Waals surface area contributed by atoms with Gasteiger partial charge < -0.3 is 9.31 Å². The molecule has 16 heavy (non-hydrogen) atoms. The fourth-order valence-corrected chi connectivity index (χ4v) is 3.68. The zero-order valence-corrected chi connectivity index (χ0v) is 9.69. The third-order valence-electron chi connectivity index (χ3n) is 4.23. The van der Waals surface area contributed by atoms with Crippen molar-refractivity contribution < 1.29 is 18.9 Å². The molecule has 0 saturated carbocycles. The Labute approximate surface area is 95.7 Å². The maximum atomic E-state index is 11.2. The van der Waals surface area contributed by atoms with Crippen molar-refractivity contribution >= 4 is 19.0 Å². The van der Waals surface area contributed by atoms with E-state index in [1.165, 1.54) is 6.92 Å². The Morgan fingerprint density at radius 2 is 1.69 bits per heavy atom. The lowest BCUT2D eigenvalue weighted by atomic mass is 9.31. The Balaban J connectivity index is 2.26. The first-order valence-electron chi connectivity index (χ1n) is 6.15. The number of carbonyl (C=O) groups excluding carboxylic acids is 2. The van der Waals surface area contributed by atoms with E-state index in [1.807, 2.05) is 0 Å². The first kappa shape index (κ1) is 11.5. The van der Waals surface area contributed by atoms with Gasteiger partial charge in [0.1, 0.15) is 0 Å². The topological polar surface area (TPSA) is 52.6 Å². The lowest BCUT2D eigenvalue weighted by molar-refractivity contribution is -0.136. The predicted octanol–water partition coefficient (Wildman–Crippen LogP) is 2.27. The predicted molar refractivity (Wildman–Crippen MR) is 59.9 cm³/mol. The Morgan fingerprint density at radius 3 is 2.06 bits per heavy atom. The Morgan fingerprint density at radius 1 is 1.19 bits per heavy atom. The fraction of sp³-hybridized carbons (Fsp3) is 0.818. The van der Waals surface area contributed by atoms with E-state index in [2.05, 4.69) is 0 Å². The average Bonchev–Trinajstić information content (AvgIpc) is 2.15. The van der Waals surface area contributed by atoms with Crippen molar-refractivity contribution in [3.63, 3.8) is 0 Å². The summed E-state index contributed by atoms with van der Waals surface area (Å²) < 4.78 is 10.7. The molecule has 2 heterocycles. The lowest BCUT2D eigenvalue weighted by Crippen LogP contribution is -2.55. The van der Waals surface area contributed by atoms with Crippen LogP contribution in [0.15, 0.2) is 0 Å². The van der Waals surface area contributed by atoms with Crippen LogP contribution >= 0.6 is 0 Å². The van der Waals surface area contributed by atoms with Crippen LogP contribution in [0.25, 0.3) is 0 Å². The molecule has 0 aromatic rings. The van der Waals surface area contributed by atoms with E-state index in [0.29, 0.717) is 6.47 Å². The highest BCUT2D eigenvalue weighted by Crippen LogP contribution is 2.53. The van der Waals surface area contributed by atoms with Crippen molar-refractivity contribution in [2.75, 3.05) is 0 Å². The van der Waals surface area contributed by atoms with E-state index in [4.69, 9.17) is 9.31 Å². The lowest BCUT2D eigenvalue weighted by Gasteiger charge is -2.56. The summed E-state index contributed by atoms with van der Waals surface area (Å²) in [6.07, 6.45) is 6.36. The second-order valence-electron chi connectivity index (χ2n) is 5.06. The smallest absolute Gasteiger partial charge is 0.356 e.